The summed E-state index contributed by atoms with van der Waals surface area (Å²) in [6.45, 7) is 3.86. The number of hydrogen-bond donors (Lipinski definition) is 1. The third-order valence-corrected chi connectivity index (χ3v) is 3.61. The molecule has 0 spiro atoms. The van der Waals surface area contributed by atoms with Crippen molar-refractivity contribution in [3.8, 4) is 17.2 Å². The summed E-state index contributed by atoms with van der Waals surface area (Å²) in [4.78, 5) is 22.5. The molecular formula is C19H21N3O6. The van der Waals surface area contributed by atoms with E-state index in [0.717, 1.165) is 0 Å². The van der Waals surface area contributed by atoms with Gasteiger partial charge in [-0.3, -0.25) is 14.9 Å². The molecule has 2 rings (SSSR count). The molecule has 0 bridgehead atoms. The molecule has 0 aliphatic carbocycles. The Morgan fingerprint density at radius 2 is 2.00 bits per heavy atom. The highest BCUT2D eigenvalue weighted by Crippen LogP contribution is 2.28. The number of nitrogens with one attached hydrogen (secondary N) is 1. The van der Waals surface area contributed by atoms with Crippen molar-refractivity contribution in [1.82, 2.24) is 5.43 Å². The molecule has 1 N–H and O–H groups in total. The fourth-order valence-corrected chi connectivity index (χ4v) is 2.25. The second-order valence-electron chi connectivity index (χ2n) is 5.56. The van der Waals surface area contributed by atoms with Gasteiger partial charge in [0, 0.05) is 6.07 Å². The van der Waals surface area contributed by atoms with Crippen LogP contribution in [0.5, 0.6) is 17.2 Å². The Bertz CT molecular complexity index is 868. The molecule has 9 heteroatoms. The Hall–Kier alpha value is -3.62. The first-order chi connectivity index (χ1) is 13.5. The Kier molecular flexibility index (Phi) is 7.32. The molecule has 0 aromatic heterocycles. The van der Waals surface area contributed by atoms with Gasteiger partial charge in [-0.05, 0) is 43.7 Å². The molecule has 0 unspecified atom stereocenters. The predicted molar refractivity (Wildman–Crippen MR) is 103 cm³/mol. The number of nitrogens with zero attached hydrogens (tertiary/aromatic N) is 2. The van der Waals surface area contributed by atoms with Crippen LogP contribution in [0, 0.1) is 10.1 Å². The normalized spacial score (nSPS) is 11.7. The highest BCUT2D eigenvalue weighted by atomic mass is 16.6. The third-order valence-electron chi connectivity index (χ3n) is 3.61. The first-order valence-electron chi connectivity index (χ1n) is 8.50. The largest absolute Gasteiger partial charge is 0.493 e. The second-order valence-corrected chi connectivity index (χ2v) is 5.56. The molecule has 0 radical (unpaired) electrons. The summed E-state index contributed by atoms with van der Waals surface area (Å²) in [7, 11) is 1.53. The number of rotatable bonds is 9. The summed E-state index contributed by atoms with van der Waals surface area (Å²) < 4.78 is 16.1. The Balaban J connectivity index is 1.99. The van der Waals surface area contributed by atoms with E-state index in [4.69, 9.17) is 14.2 Å². The van der Waals surface area contributed by atoms with Crippen molar-refractivity contribution in [3.63, 3.8) is 0 Å². The molecule has 148 valence electrons. The van der Waals surface area contributed by atoms with Crippen molar-refractivity contribution < 1.29 is 23.9 Å². The van der Waals surface area contributed by atoms with Gasteiger partial charge in [-0.25, -0.2) is 5.43 Å². The van der Waals surface area contributed by atoms with Crippen LogP contribution >= 0.6 is 0 Å². The van der Waals surface area contributed by atoms with Gasteiger partial charge < -0.3 is 14.2 Å². The minimum atomic E-state index is -0.979. The van der Waals surface area contributed by atoms with E-state index in [1.807, 2.05) is 6.92 Å². The smallest absolute Gasteiger partial charge is 0.310 e. The van der Waals surface area contributed by atoms with E-state index >= 15 is 0 Å². The van der Waals surface area contributed by atoms with Gasteiger partial charge in [-0.2, -0.15) is 5.10 Å². The third kappa shape index (κ3) is 5.44. The van der Waals surface area contributed by atoms with E-state index in [2.05, 4.69) is 10.5 Å². The quantitative estimate of drug-likeness (QED) is 0.402. The molecule has 2 aromatic rings. The lowest BCUT2D eigenvalue weighted by atomic mass is 10.2. The monoisotopic (exact) mass is 387 g/mol. The van der Waals surface area contributed by atoms with Crippen LogP contribution in [0.2, 0.25) is 0 Å². The minimum Gasteiger partial charge on any atom is -0.493 e. The summed E-state index contributed by atoms with van der Waals surface area (Å²) in [5, 5.41) is 14.9. The molecular weight excluding hydrogens is 366 g/mol. The summed E-state index contributed by atoms with van der Waals surface area (Å²) in [6, 6.07) is 11.1. The minimum absolute atomic E-state index is 0.00961. The van der Waals surface area contributed by atoms with Gasteiger partial charge in [0.15, 0.2) is 23.4 Å². The second kappa shape index (κ2) is 9.91. The molecule has 0 saturated heterocycles. The van der Waals surface area contributed by atoms with Gasteiger partial charge in [0.1, 0.15) is 0 Å². The molecule has 28 heavy (non-hydrogen) atoms. The van der Waals surface area contributed by atoms with Crippen LogP contribution < -0.4 is 19.6 Å². The van der Waals surface area contributed by atoms with Crippen molar-refractivity contribution in [2.24, 2.45) is 5.10 Å². The zero-order valence-electron chi connectivity index (χ0n) is 15.7. The lowest BCUT2D eigenvalue weighted by Crippen LogP contribution is -2.33. The van der Waals surface area contributed by atoms with Crippen molar-refractivity contribution >= 4 is 17.8 Å². The topological polar surface area (TPSA) is 112 Å². The summed E-state index contributed by atoms with van der Waals surface area (Å²) in [6.07, 6.45) is 0.460. The van der Waals surface area contributed by atoms with Crippen LogP contribution in [0.25, 0.3) is 0 Å². The highest BCUT2D eigenvalue weighted by Gasteiger charge is 2.20. The molecule has 2 aromatic carbocycles. The molecule has 0 fully saturated rings. The molecule has 1 atom stereocenters. The lowest BCUT2D eigenvalue weighted by Gasteiger charge is -2.12. The van der Waals surface area contributed by atoms with E-state index in [1.165, 1.54) is 38.4 Å². The van der Waals surface area contributed by atoms with Crippen LogP contribution in [-0.4, -0.2) is 36.9 Å². The van der Waals surface area contributed by atoms with Crippen molar-refractivity contribution in [2.45, 2.75) is 20.0 Å². The average molecular weight is 387 g/mol. The standard InChI is InChI=1S/C19H21N3O6/c1-4-27-17-10-9-14(11-18(17)26-3)12-20-21-19(23)13(2)28-16-8-6-5-7-15(16)22(24)25/h5-13H,4H2,1-3H3,(H,21,23)/t13-/m0/s1. The number of amides is 1. The number of nitro groups is 1. The molecule has 1 amide bonds. The van der Waals surface area contributed by atoms with Crippen molar-refractivity contribution in [3.05, 3.63) is 58.1 Å². The van der Waals surface area contributed by atoms with E-state index in [9.17, 15) is 14.9 Å². The van der Waals surface area contributed by atoms with E-state index in [-0.39, 0.29) is 11.4 Å². The fourth-order valence-electron chi connectivity index (χ4n) is 2.25. The molecule has 0 aliphatic heterocycles. The van der Waals surface area contributed by atoms with Gasteiger partial charge in [0.25, 0.3) is 5.91 Å². The maximum atomic E-state index is 12.1. The van der Waals surface area contributed by atoms with Crippen LogP contribution in [0.4, 0.5) is 5.69 Å². The number of carbonyl (C=O) groups is 1. The van der Waals surface area contributed by atoms with Gasteiger partial charge in [0.2, 0.25) is 0 Å². The van der Waals surface area contributed by atoms with E-state index < -0.39 is 16.9 Å². The lowest BCUT2D eigenvalue weighted by molar-refractivity contribution is -0.386. The Morgan fingerprint density at radius 3 is 2.68 bits per heavy atom. The van der Waals surface area contributed by atoms with Crippen molar-refractivity contribution in [1.29, 1.82) is 0 Å². The number of para-hydroxylation sites is 2. The molecule has 0 heterocycles. The predicted octanol–water partition coefficient (Wildman–Crippen LogP) is 2.92. The first kappa shape index (κ1) is 20.7. The van der Waals surface area contributed by atoms with Gasteiger partial charge in [-0.1, -0.05) is 12.1 Å². The molecule has 9 nitrogen and oxygen atoms in total. The molecule has 0 saturated carbocycles. The van der Waals surface area contributed by atoms with E-state index in [1.54, 1.807) is 24.3 Å². The van der Waals surface area contributed by atoms with Gasteiger partial charge in [0.05, 0.1) is 24.9 Å². The number of hydrogen-bond acceptors (Lipinski definition) is 7. The number of benzene rings is 2. The number of methoxy groups -OCH3 is 1. The van der Waals surface area contributed by atoms with E-state index in [0.29, 0.717) is 23.7 Å². The van der Waals surface area contributed by atoms with Crippen LogP contribution in [0.15, 0.2) is 47.6 Å². The van der Waals surface area contributed by atoms with Gasteiger partial charge >= 0.3 is 5.69 Å². The molecule has 0 aliphatic rings. The highest BCUT2D eigenvalue weighted by molar-refractivity contribution is 5.85. The number of hydrazone groups is 1. The number of ether oxygens (including phenoxy) is 3. The maximum Gasteiger partial charge on any atom is 0.310 e. The number of carbonyl (C=O) groups excluding carboxylic acids is 1. The average Bonchev–Trinajstić information content (AvgIpc) is 2.69. The van der Waals surface area contributed by atoms with Crippen molar-refractivity contribution in [2.75, 3.05) is 13.7 Å². The summed E-state index contributed by atoms with van der Waals surface area (Å²) >= 11 is 0. The fraction of sp³-hybridized carbons (Fsp3) is 0.263. The zero-order chi connectivity index (χ0) is 20.5. The first-order valence-corrected chi connectivity index (χ1v) is 8.50. The van der Waals surface area contributed by atoms with Crippen LogP contribution in [0.1, 0.15) is 19.4 Å². The summed E-state index contributed by atoms with van der Waals surface area (Å²) in [5.41, 5.74) is 2.81. The number of nitro benzene ring substituents is 1. The van der Waals surface area contributed by atoms with Crippen LogP contribution in [0.3, 0.4) is 0 Å². The SMILES string of the molecule is CCOc1ccc(C=NNC(=O)[C@H](C)Oc2ccccc2[N+](=O)[O-])cc1OC. The Morgan fingerprint density at radius 1 is 1.25 bits per heavy atom. The van der Waals surface area contributed by atoms with Gasteiger partial charge in [-0.15, -0.1) is 0 Å². The van der Waals surface area contributed by atoms with Crippen LogP contribution in [-0.2, 0) is 4.79 Å². The zero-order valence-corrected chi connectivity index (χ0v) is 15.7. The maximum absolute atomic E-state index is 12.1. The summed E-state index contributed by atoms with van der Waals surface area (Å²) in [5.74, 6) is 0.616. The Labute approximate surface area is 162 Å².